The van der Waals surface area contributed by atoms with E-state index < -0.39 is 0 Å². The van der Waals surface area contributed by atoms with Crippen LogP contribution >= 0.6 is 0 Å². The molecule has 0 unspecified atom stereocenters. The van der Waals surface area contributed by atoms with Crippen LogP contribution in [-0.4, -0.2) is 0 Å². The molecule has 9 aromatic rings. The topological polar surface area (TPSA) is 3.24 Å². The number of anilines is 3. The molecule has 0 saturated heterocycles. The van der Waals surface area contributed by atoms with Gasteiger partial charge in [-0.15, -0.1) is 0 Å². The van der Waals surface area contributed by atoms with E-state index in [1.54, 1.807) is 0 Å². The maximum atomic E-state index is 2.44. The van der Waals surface area contributed by atoms with Gasteiger partial charge in [-0.1, -0.05) is 166 Å². The van der Waals surface area contributed by atoms with E-state index in [9.17, 15) is 0 Å². The highest BCUT2D eigenvalue weighted by Gasteiger charge is 2.37. The predicted octanol–water partition coefficient (Wildman–Crippen LogP) is 14.3. The Balaban J connectivity index is 1.09. The Bertz CT molecular complexity index is 2790. The molecule has 1 heteroatoms. The molecule has 52 heavy (non-hydrogen) atoms. The summed E-state index contributed by atoms with van der Waals surface area (Å²) in [5.41, 5.74) is 13.6. The molecule has 9 aromatic carbocycles. The molecule has 1 nitrogen and oxygen atoms in total. The van der Waals surface area contributed by atoms with Crippen molar-refractivity contribution in [3.8, 4) is 33.4 Å². The fourth-order valence-corrected chi connectivity index (χ4v) is 8.60. The summed E-state index contributed by atoms with van der Waals surface area (Å²) in [6, 6.07) is 69.1. The van der Waals surface area contributed by atoms with Crippen LogP contribution in [0, 0.1) is 0 Å². The normalized spacial score (nSPS) is 13.0. The largest absolute Gasteiger partial charge is 0.310 e. The predicted molar refractivity (Wildman–Crippen MR) is 222 cm³/mol. The molecule has 0 spiro atoms. The summed E-state index contributed by atoms with van der Waals surface area (Å²) in [7, 11) is 0. The summed E-state index contributed by atoms with van der Waals surface area (Å²) in [5.74, 6) is 0. The Morgan fingerprint density at radius 2 is 0.942 bits per heavy atom. The Morgan fingerprint density at radius 1 is 0.385 bits per heavy atom. The maximum Gasteiger partial charge on any atom is 0.0543 e. The average molecular weight is 664 g/mol. The van der Waals surface area contributed by atoms with Crippen molar-refractivity contribution in [3.05, 3.63) is 199 Å². The zero-order chi connectivity index (χ0) is 34.8. The van der Waals surface area contributed by atoms with Crippen molar-refractivity contribution in [3.63, 3.8) is 0 Å². The lowest BCUT2D eigenvalue weighted by atomic mass is 9.82. The number of hydrogen-bond acceptors (Lipinski definition) is 1. The minimum absolute atomic E-state index is 0.0810. The van der Waals surface area contributed by atoms with Crippen LogP contribution in [0.5, 0.6) is 0 Å². The number of rotatable bonds is 5. The second-order valence-corrected chi connectivity index (χ2v) is 14.6. The number of benzene rings is 9. The number of hydrogen-bond donors (Lipinski definition) is 0. The van der Waals surface area contributed by atoms with Gasteiger partial charge in [0.1, 0.15) is 0 Å². The fourth-order valence-electron chi connectivity index (χ4n) is 8.60. The third-order valence-corrected chi connectivity index (χ3v) is 11.2. The monoisotopic (exact) mass is 663 g/mol. The lowest BCUT2D eigenvalue weighted by Crippen LogP contribution is -2.16. The molecule has 0 saturated carbocycles. The standard InChI is InChI=1S/C51H37N/c1-51(2)46-16-9-8-15-45(46)50-47(51)17-10-18-48(50)52(41-28-23-35(24-29-41)34-11-4-3-5-12-34)42-30-25-36(26-31-42)39-27-32-44-40(33-39)22-21-38-20-19-37-13-6-7-14-43(37)49(38)44/h3-33H,1-2H3. The Kier molecular flexibility index (Phi) is 6.91. The van der Waals surface area contributed by atoms with Gasteiger partial charge in [0.15, 0.2) is 0 Å². The first-order valence-electron chi connectivity index (χ1n) is 18.2. The first-order valence-corrected chi connectivity index (χ1v) is 18.2. The first-order chi connectivity index (χ1) is 25.5. The average Bonchev–Trinajstić information content (AvgIpc) is 3.45. The maximum absolute atomic E-state index is 2.44. The van der Waals surface area contributed by atoms with Gasteiger partial charge in [-0.2, -0.15) is 0 Å². The number of fused-ring (bicyclic) bond motifs is 8. The zero-order valence-electron chi connectivity index (χ0n) is 29.3. The molecule has 0 heterocycles. The van der Waals surface area contributed by atoms with Crippen molar-refractivity contribution in [1.82, 2.24) is 0 Å². The molecule has 0 bridgehead atoms. The lowest BCUT2D eigenvalue weighted by molar-refractivity contribution is 0.660. The van der Waals surface area contributed by atoms with Crippen molar-refractivity contribution < 1.29 is 0 Å². The molecular formula is C51H37N. The minimum Gasteiger partial charge on any atom is -0.310 e. The van der Waals surface area contributed by atoms with Crippen molar-refractivity contribution in [2.45, 2.75) is 19.3 Å². The second kappa shape index (κ2) is 11.8. The van der Waals surface area contributed by atoms with E-state index in [1.807, 2.05) is 0 Å². The molecule has 0 fully saturated rings. The van der Waals surface area contributed by atoms with Crippen LogP contribution in [0.1, 0.15) is 25.0 Å². The summed E-state index contributed by atoms with van der Waals surface area (Å²) in [6.45, 7) is 4.70. The van der Waals surface area contributed by atoms with E-state index in [0.717, 1.165) is 11.4 Å². The molecule has 0 N–H and O–H groups in total. The van der Waals surface area contributed by atoms with Gasteiger partial charge in [-0.05, 0) is 108 Å². The molecule has 1 aliphatic carbocycles. The smallest absolute Gasteiger partial charge is 0.0543 e. The zero-order valence-corrected chi connectivity index (χ0v) is 29.3. The molecular weight excluding hydrogens is 627 g/mol. The highest BCUT2D eigenvalue weighted by Crippen LogP contribution is 2.54. The SMILES string of the molecule is CC1(C)c2ccccc2-c2c(N(c3ccc(-c4ccccc4)cc3)c3ccc(-c4ccc5c(ccc6ccc7ccccc7c65)c4)cc3)cccc21. The van der Waals surface area contributed by atoms with Gasteiger partial charge in [0.05, 0.1) is 5.69 Å². The van der Waals surface area contributed by atoms with Gasteiger partial charge >= 0.3 is 0 Å². The van der Waals surface area contributed by atoms with Gasteiger partial charge < -0.3 is 4.90 Å². The van der Waals surface area contributed by atoms with E-state index in [4.69, 9.17) is 0 Å². The first kappa shape index (κ1) is 30.4. The fraction of sp³-hybridized carbons (Fsp3) is 0.0588. The van der Waals surface area contributed by atoms with Gasteiger partial charge in [-0.25, -0.2) is 0 Å². The van der Waals surface area contributed by atoms with E-state index in [0.29, 0.717) is 0 Å². The molecule has 246 valence electrons. The van der Waals surface area contributed by atoms with Crippen LogP contribution in [-0.2, 0) is 5.41 Å². The third kappa shape index (κ3) is 4.77. The van der Waals surface area contributed by atoms with Crippen LogP contribution in [0.3, 0.4) is 0 Å². The summed E-state index contributed by atoms with van der Waals surface area (Å²) < 4.78 is 0. The van der Waals surface area contributed by atoms with Crippen LogP contribution in [0.25, 0.3) is 65.7 Å². The van der Waals surface area contributed by atoms with Crippen LogP contribution in [0.2, 0.25) is 0 Å². The summed E-state index contributed by atoms with van der Waals surface area (Å²) in [4.78, 5) is 2.44. The molecule has 0 radical (unpaired) electrons. The molecule has 10 rings (SSSR count). The van der Waals surface area contributed by atoms with Crippen LogP contribution in [0.15, 0.2) is 188 Å². The van der Waals surface area contributed by atoms with E-state index in [2.05, 4.69) is 207 Å². The molecule has 1 aliphatic rings. The van der Waals surface area contributed by atoms with Crippen LogP contribution in [0.4, 0.5) is 17.1 Å². The van der Waals surface area contributed by atoms with Crippen LogP contribution < -0.4 is 4.90 Å². The van der Waals surface area contributed by atoms with Crippen molar-refractivity contribution in [2.75, 3.05) is 4.90 Å². The quantitative estimate of drug-likeness (QED) is 0.166. The van der Waals surface area contributed by atoms with Crippen molar-refractivity contribution in [2.24, 2.45) is 0 Å². The highest BCUT2D eigenvalue weighted by molar-refractivity contribution is 6.20. The van der Waals surface area contributed by atoms with Crippen molar-refractivity contribution >= 4 is 49.4 Å². The summed E-state index contributed by atoms with van der Waals surface area (Å²) in [5, 5.41) is 7.73. The molecule has 0 aliphatic heterocycles. The summed E-state index contributed by atoms with van der Waals surface area (Å²) >= 11 is 0. The van der Waals surface area contributed by atoms with E-state index in [1.165, 1.54) is 82.5 Å². The third-order valence-electron chi connectivity index (χ3n) is 11.2. The number of nitrogens with zero attached hydrogens (tertiary/aromatic N) is 1. The molecule has 0 aromatic heterocycles. The summed E-state index contributed by atoms with van der Waals surface area (Å²) in [6.07, 6.45) is 0. The van der Waals surface area contributed by atoms with Gasteiger partial charge in [0.25, 0.3) is 0 Å². The lowest BCUT2D eigenvalue weighted by Gasteiger charge is -2.29. The van der Waals surface area contributed by atoms with Gasteiger partial charge in [0.2, 0.25) is 0 Å². The van der Waals surface area contributed by atoms with E-state index >= 15 is 0 Å². The Labute approximate surface area is 305 Å². The van der Waals surface area contributed by atoms with Gasteiger partial charge in [0, 0.05) is 22.4 Å². The highest BCUT2D eigenvalue weighted by atomic mass is 15.1. The Morgan fingerprint density at radius 3 is 1.71 bits per heavy atom. The van der Waals surface area contributed by atoms with E-state index in [-0.39, 0.29) is 5.41 Å². The second-order valence-electron chi connectivity index (χ2n) is 14.6. The van der Waals surface area contributed by atoms with Crippen molar-refractivity contribution in [1.29, 1.82) is 0 Å². The molecule has 0 amide bonds. The van der Waals surface area contributed by atoms with Gasteiger partial charge in [-0.3, -0.25) is 0 Å². The molecule has 0 atom stereocenters. The minimum atomic E-state index is -0.0810. The Hall–Kier alpha value is -6.44.